The van der Waals surface area contributed by atoms with Crippen LogP contribution in [0.4, 0.5) is 0 Å². The van der Waals surface area contributed by atoms with E-state index in [0.29, 0.717) is 10.0 Å². The highest BCUT2D eigenvalue weighted by molar-refractivity contribution is 6.42. The summed E-state index contributed by atoms with van der Waals surface area (Å²) in [5.74, 6) is 0.756. The van der Waals surface area contributed by atoms with Crippen LogP contribution in [0.1, 0.15) is 13.3 Å². The van der Waals surface area contributed by atoms with Gasteiger partial charge in [-0.05, 0) is 25.6 Å². The standard InChI is InChI=1S/C11H15Cl2NO/c1-3-8(7-14-2)15-9-4-5-10(12)11(13)6-9/h4-6,8,14H,3,7H2,1-2H3/t8-/m0/s1. The Kier molecular flexibility index (Phi) is 5.23. The second kappa shape index (κ2) is 6.21. The highest BCUT2D eigenvalue weighted by Gasteiger charge is 2.07. The first-order valence-electron chi connectivity index (χ1n) is 4.93. The van der Waals surface area contributed by atoms with E-state index in [2.05, 4.69) is 12.2 Å². The van der Waals surface area contributed by atoms with Gasteiger partial charge in [0.2, 0.25) is 0 Å². The van der Waals surface area contributed by atoms with Crippen molar-refractivity contribution in [3.63, 3.8) is 0 Å². The molecule has 84 valence electrons. The predicted molar refractivity (Wildman–Crippen MR) is 65.1 cm³/mol. The van der Waals surface area contributed by atoms with Crippen molar-refractivity contribution in [1.82, 2.24) is 5.32 Å². The molecule has 0 aliphatic rings. The van der Waals surface area contributed by atoms with Gasteiger partial charge in [-0.1, -0.05) is 30.1 Å². The third kappa shape index (κ3) is 3.90. The molecule has 1 rings (SSSR count). The largest absolute Gasteiger partial charge is 0.489 e. The summed E-state index contributed by atoms with van der Waals surface area (Å²) < 4.78 is 5.73. The van der Waals surface area contributed by atoms with Gasteiger partial charge in [-0.3, -0.25) is 0 Å². The van der Waals surface area contributed by atoms with Crippen LogP contribution in [0.15, 0.2) is 18.2 Å². The van der Waals surface area contributed by atoms with Crippen LogP contribution < -0.4 is 10.1 Å². The minimum Gasteiger partial charge on any atom is -0.489 e. The molecule has 0 heterocycles. The molecular weight excluding hydrogens is 233 g/mol. The van der Waals surface area contributed by atoms with Crippen LogP contribution in [-0.4, -0.2) is 19.7 Å². The van der Waals surface area contributed by atoms with Gasteiger partial charge in [0, 0.05) is 12.6 Å². The number of hydrogen-bond acceptors (Lipinski definition) is 2. The first-order chi connectivity index (χ1) is 7.17. The summed E-state index contributed by atoms with van der Waals surface area (Å²) in [6.45, 7) is 2.90. The number of benzene rings is 1. The molecule has 0 radical (unpaired) electrons. The third-order valence-electron chi connectivity index (χ3n) is 2.08. The molecule has 1 N–H and O–H groups in total. The molecule has 0 saturated heterocycles. The Hall–Kier alpha value is -0.440. The summed E-state index contributed by atoms with van der Waals surface area (Å²) >= 11 is 11.7. The van der Waals surface area contributed by atoms with Crippen LogP contribution in [0.25, 0.3) is 0 Å². The van der Waals surface area contributed by atoms with Crippen LogP contribution in [0, 0.1) is 0 Å². The molecule has 15 heavy (non-hydrogen) atoms. The van der Waals surface area contributed by atoms with Crippen molar-refractivity contribution in [3.8, 4) is 5.75 Å². The molecule has 0 bridgehead atoms. The van der Waals surface area contributed by atoms with Crippen molar-refractivity contribution in [2.45, 2.75) is 19.4 Å². The number of hydrogen-bond donors (Lipinski definition) is 1. The molecule has 0 aliphatic carbocycles. The van der Waals surface area contributed by atoms with E-state index < -0.39 is 0 Å². The smallest absolute Gasteiger partial charge is 0.121 e. The van der Waals surface area contributed by atoms with Gasteiger partial charge in [0.05, 0.1) is 10.0 Å². The lowest BCUT2D eigenvalue weighted by molar-refractivity contribution is 0.196. The lowest BCUT2D eigenvalue weighted by Crippen LogP contribution is -2.28. The minimum absolute atomic E-state index is 0.159. The first kappa shape index (κ1) is 12.6. The van der Waals surface area contributed by atoms with Crippen molar-refractivity contribution in [2.75, 3.05) is 13.6 Å². The van der Waals surface area contributed by atoms with Gasteiger partial charge in [0.25, 0.3) is 0 Å². The molecule has 0 aliphatic heterocycles. The van der Waals surface area contributed by atoms with Crippen molar-refractivity contribution < 1.29 is 4.74 Å². The molecule has 0 saturated carbocycles. The zero-order chi connectivity index (χ0) is 11.3. The summed E-state index contributed by atoms with van der Waals surface area (Å²) in [5, 5.41) is 4.15. The van der Waals surface area contributed by atoms with Crippen molar-refractivity contribution in [1.29, 1.82) is 0 Å². The summed E-state index contributed by atoms with van der Waals surface area (Å²) in [5.41, 5.74) is 0. The number of likely N-dealkylation sites (N-methyl/N-ethyl adjacent to an activating group) is 1. The van der Waals surface area contributed by atoms with E-state index in [9.17, 15) is 0 Å². The Morgan fingerprint density at radius 1 is 1.33 bits per heavy atom. The van der Waals surface area contributed by atoms with E-state index in [0.717, 1.165) is 18.7 Å². The average Bonchev–Trinajstić information content (AvgIpc) is 2.23. The van der Waals surface area contributed by atoms with Crippen molar-refractivity contribution in [3.05, 3.63) is 28.2 Å². The maximum Gasteiger partial charge on any atom is 0.121 e. The Morgan fingerprint density at radius 2 is 2.07 bits per heavy atom. The van der Waals surface area contributed by atoms with Gasteiger partial charge in [0.15, 0.2) is 0 Å². The summed E-state index contributed by atoms with van der Waals surface area (Å²) in [6, 6.07) is 5.31. The molecule has 1 aromatic rings. The van der Waals surface area contributed by atoms with Crippen LogP contribution in [0.3, 0.4) is 0 Å². The quantitative estimate of drug-likeness (QED) is 0.862. The van der Waals surface area contributed by atoms with E-state index in [4.69, 9.17) is 27.9 Å². The van der Waals surface area contributed by atoms with Gasteiger partial charge in [0.1, 0.15) is 11.9 Å². The van der Waals surface area contributed by atoms with E-state index in [1.165, 1.54) is 0 Å². The fraction of sp³-hybridized carbons (Fsp3) is 0.455. The first-order valence-corrected chi connectivity index (χ1v) is 5.69. The van der Waals surface area contributed by atoms with E-state index in [1.54, 1.807) is 12.1 Å². The van der Waals surface area contributed by atoms with Crippen LogP contribution in [-0.2, 0) is 0 Å². The van der Waals surface area contributed by atoms with E-state index >= 15 is 0 Å². The Labute approximate surface area is 101 Å². The van der Waals surface area contributed by atoms with Gasteiger partial charge in [-0.2, -0.15) is 0 Å². The van der Waals surface area contributed by atoms with Gasteiger partial charge >= 0.3 is 0 Å². The highest BCUT2D eigenvalue weighted by Crippen LogP contribution is 2.26. The molecule has 0 spiro atoms. The maximum absolute atomic E-state index is 5.89. The highest BCUT2D eigenvalue weighted by atomic mass is 35.5. The lowest BCUT2D eigenvalue weighted by atomic mass is 10.2. The predicted octanol–water partition coefficient (Wildman–Crippen LogP) is 3.37. The molecule has 1 atom stereocenters. The SMILES string of the molecule is CC[C@@H](CNC)Oc1ccc(Cl)c(Cl)c1. The molecule has 0 aromatic heterocycles. The Balaban J connectivity index is 2.66. The summed E-state index contributed by atoms with van der Waals surface area (Å²) in [6.07, 6.45) is 1.11. The molecule has 2 nitrogen and oxygen atoms in total. The fourth-order valence-corrected chi connectivity index (χ4v) is 1.53. The zero-order valence-corrected chi connectivity index (χ0v) is 10.4. The van der Waals surface area contributed by atoms with Gasteiger partial charge in [-0.15, -0.1) is 0 Å². The van der Waals surface area contributed by atoms with Crippen molar-refractivity contribution >= 4 is 23.2 Å². The molecule has 1 aromatic carbocycles. The second-order valence-electron chi connectivity index (χ2n) is 3.28. The summed E-state index contributed by atoms with van der Waals surface area (Å²) in [4.78, 5) is 0. The zero-order valence-electron chi connectivity index (χ0n) is 8.89. The topological polar surface area (TPSA) is 21.3 Å². The molecule has 4 heteroatoms. The molecule has 0 fully saturated rings. The number of rotatable bonds is 5. The number of ether oxygens (including phenoxy) is 1. The van der Waals surface area contributed by atoms with E-state index in [1.807, 2.05) is 13.1 Å². The van der Waals surface area contributed by atoms with Crippen LogP contribution in [0.5, 0.6) is 5.75 Å². The maximum atomic E-state index is 5.89. The third-order valence-corrected chi connectivity index (χ3v) is 2.82. The van der Waals surface area contributed by atoms with Crippen LogP contribution in [0.2, 0.25) is 10.0 Å². The average molecular weight is 248 g/mol. The minimum atomic E-state index is 0.159. The second-order valence-corrected chi connectivity index (χ2v) is 4.10. The summed E-state index contributed by atoms with van der Waals surface area (Å²) in [7, 11) is 1.90. The van der Waals surface area contributed by atoms with Gasteiger partial charge in [-0.25, -0.2) is 0 Å². The fourth-order valence-electron chi connectivity index (χ4n) is 1.24. The Bertz CT molecular complexity index is 317. The van der Waals surface area contributed by atoms with Crippen LogP contribution >= 0.6 is 23.2 Å². The number of halogens is 2. The molecule has 0 unspecified atom stereocenters. The normalized spacial score (nSPS) is 12.5. The Morgan fingerprint density at radius 3 is 2.60 bits per heavy atom. The lowest BCUT2D eigenvalue weighted by Gasteiger charge is -2.17. The monoisotopic (exact) mass is 247 g/mol. The molecule has 0 amide bonds. The van der Waals surface area contributed by atoms with Gasteiger partial charge < -0.3 is 10.1 Å². The number of nitrogens with one attached hydrogen (secondary N) is 1. The molecular formula is C11H15Cl2NO. The van der Waals surface area contributed by atoms with E-state index in [-0.39, 0.29) is 6.10 Å². The van der Waals surface area contributed by atoms with Crippen molar-refractivity contribution in [2.24, 2.45) is 0 Å².